The van der Waals surface area contributed by atoms with Crippen LogP contribution >= 0.6 is 11.3 Å². The van der Waals surface area contributed by atoms with Crippen molar-refractivity contribution in [3.05, 3.63) is 34.4 Å². The fourth-order valence-electron chi connectivity index (χ4n) is 1.44. The zero-order valence-electron chi connectivity index (χ0n) is 9.36. The second-order valence-electron chi connectivity index (χ2n) is 3.44. The van der Waals surface area contributed by atoms with Gasteiger partial charge in [-0.3, -0.25) is 4.79 Å². The zero-order valence-corrected chi connectivity index (χ0v) is 10.2. The first-order chi connectivity index (χ1) is 8.11. The second kappa shape index (κ2) is 4.63. The molecule has 88 valence electrons. The molecular weight excluding hydrogens is 241 g/mol. The van der Waals surface area contributed by atoms with E-state index in [0.717, 1.165) is 0 Å². The lowest BCUT2D eigenvalue weighted by Gasteiger charge is -2.05. The van der Waals surface area contributed by atoms with E-state index in [2.05, 4.69) is 4.98 Å². The van der Waals surface area contributed by atoms with Gasteiger partial charge < -0.3 is 4.74 Å². The van der Waals surface area contributed by atoms with Gasteiger partial charge in [0.2, 0.25) is 0 Å². The molecule has 0 saturated carbocycles. The lowest BCUT2D eigenvalue weighted by molar-refractivity contribution is 0.101. The molecular formula is C12H10FNO2S. The molecule has 0 spiro atoms. The van der Waals surface area contributed by atoms with E-state index in [-0.39, 0.29) is 11.6 Å². The monoisotopic (exact) mass is 251 g/mol. The van der Waals surface area contributed by atoms with Crippen LogP contribution in [0.5, 0.6) is 5.75 Å². The first-order valence-electron chi connectivity index (χ1n) is 4.92. The molecule has 0 radical (unpaired) electrons. The summed E-state index contributed by atoms with van der Waals surface area (Å²) in [6, 6.07) is 4.20. The number of Topliss-reactive ketones (excluding diaryl/α,β-unsaturated/α-hetero) is 1. The molecule has 0 aliphatic heterocycles. The smallest absolute Gasteiger partial charge is 0.188 e. The summed E-state index contributed by atoms with van der Waals surface area (Å²) in [7, 11) is 1.51. The van der Waals surface area contributed by atoms with Crippen molar-refractivity contribution in [3.63, 3.8) is 0 Å². The Hall–Kier alpha value is -1.75. The highest BCUT2D eigenvalue weighted by Gasteiger charge is 2.12. The molecule has 17 heavy (non-hydrogen) atoms. The molecule has 1 aromatic carbocycles. The summed E-state index contributed by atoms with van der Waals surface area (Å²) in [5.41, 5.74) is 1.10. The van der Waals surface area contributed by atoms with E-state index in [0.29, 0.717) is 22.0 Å². The third-order valence-corrected chi connectivity index (χ3v) is 3.19. The Balaban J connectivity index is 2.51. The summed E-state index contributed by atoms with van der Waals surface area (Å²) < 4.78 is 18.3. The summed E-state index contributed by atoms with van der Waals surface area (Å²) in [6.45, 7) is 1.45. The van der Waals surface area contributed by atoms with Gasteiger partial charge in [-0.15, -0.1) is 11.3 Å². The minimum Gasteiger partial charge on any atom is -0.496 e. The van der Waals surface area contributed by atoms with Crippen LogP contribution in [0.2, 0.25) is 0 Å². The molecule has 0 bridgehead atoms. The van der Waals surface area contributed by atoms with Crippen molar-refractivity contribution < 1.29 is 13.9 Å². The summed E-state index contributed by atoms with van der Waals surface area (Å²) in [6.07, 6.45) is 0. The van der Waals surface area contributed by atoms with Crippen LogP contribution in [0, 0.1) is 5.82 Å². The van der Waals surface area contributed by atoms with Crippen LogP contribution in [-0.2, 0) is 0 Å². The van der Waals surface area contributed by atoms with Gasteiger partial charge in [0.05, 0.1) is 12.8 Å². The van der Waals surface area contributed by atoms with Gasteiger partial charge in [-0.05, 0) is 18.2 Å². The number of methoxy groups -OCH3 is 1. The van der Waals surface area contributed by atoms with Crippen molar-refractivity contribution >= 4 is 17.1 Å². The quantitative estimate of drug-likeness (QED) is 0.786. The van der Waals surface area contributed by atoms with Gasteiger partial charge in [-0.1, -0.05) is 0 Å². The van der Waals surface area contributed by atoms with E-state index in [1.165, 1.54) is 43.6 Å². The Morgan fingerprint density at radius 3 is 2.82 bits per heavy atom. The van der Waals surface area contributed by atoms with Crippen LogP contribution in [0.4, 0.5) is 4.39 Å². The van der Waals surface area contributed by atoms with Gasteiger partial charge in [0, 0.05) is 17.9 Å². The third-order valence-electron chi connectivity index (χ3n) is 2.24. The highest BCUT2D eigenvalue weighted by Crippen LogP contribution is 2.31. The molecule has 0 atom stereocenters. The molecule has 5 heteroatoms. The van der Waals surface area contributed by atoms with E-state index in [1.54, 1.807) is 5.38 Å². The second-order valence-corrected chi connectivity index (χ2v) is 4.30. The Morgan fingerprint density at radius 2 is 2.24 bits per heavy atom. The number of hydrogen-bond donors (Lipinski definition) is 0. The summed E-state index contributed by atoms with van der Waals surface area (Å²) in [5.74, 6) is 0.0709. The van der Waals surface area contributed by atoms with Gasteiger partial charge in [0.1, 0.15) is 11.6 Å². The van der Waals surface area contributed by atoms with E-state index >= 15 is 0 Å². The Bertz CT molecular complexity index is 565. The SMILES string of the molecule is COc1ccc(F)cc1-c1csc(C(C)=O)n1. The fourth-order valence-corrected chi connectivity index (χ4v) is 2.16. The predicted molar refractivity (Wildman–Crippen MR) is 64.1 cm³/mol. The Morgan fingerprint density at radius 1 is 1.47 bits per heavy atom. The van der Waals surface area contributed by atoms with Crippen molar-refractivity contribution in [1.29, 1.82) is 0 Å². The topological polar surface area (TPSA) is 39.2 Å². The third kappa shape index (κ3) is 2.34. The number of carbonyl (C=O) groups is 1. The van der Waals surface area contributed by atoms with E-state index in [1.807, 2.05) is 0 Å². The zero-order chi connectivity index (χ0) is 12.4. The molecule has 0 fully saturated rings. The molecule has 3 nitrogen and oxygen atoms in total. The van der Waals surface area contributed by atoms with Crippen LogP contribution in [0.25, 0.3) is 11.3 Å². The maximum atomic E-state index is 13.2. The summed E-state index contributed by atoms with van der Waals surface area (Å²) in [4.78, 5) is 15.3. The van der Waals surface area contributed by atoms with Gasteiger partial charge in [-0.2, -0.15) is 0 Å². The first kappa shape index (κ1) is 11.7. The van der Waals surface area contributed by atoms with Crippen LogP contribution in [0.3, 0.4) is 0 Å². The van der Waals surface area contributed by atoms with Crippen LogP contribution in [0.15, 0.2) is 23.6 Å². The molecule has 0 aliphatic carbocycles. The van der Waals surface area contributed by atoms with Gasteiger partial charge in [0.15, 0.2) is 10.8 Å². The molecule has 0 amide bonds. The number of halogens is 1. The number of hydrogen-bond acceptors (Lipinski definition) is 4. The number of carbonyl (C=O) groups excluding carboxylic acids is 1. The normalized spacial score (nSPS) is 10.3. The van der Waals surface area contributed by atoms with Gasteiger partial charge >= 0.3 is 0 Å². The number of ether oxygens (including phenoxy) is 1. The van der Waals surface area contributed by atoms with Crippen molar-refractivity contribution in [3.8, 4) is 17.0 Å². The van der Waals surface area contributed by atoms with Crippen LogP contribution < -0.4 is 4.74 Å². The maximum absolute atomic E-state index is 13.2. The standard InChI is InChI=1S/C12H10FNO2S/c1-7(15)12-14-10(6-17-12)9-5-8(13)3-4-11(9)16-2/h3-6H,1-2H3. The van der Waals surface area contributed by atoms with E-state index in [9.17, 15) is 9.18 Å². The van der Waals surface area contributed by atoms with Crippen molar-refractivity contribution in [2.45, 2.75) is 6.92 Å². The minimum atomic E-state index is -0.363. The lowest BCUT2D eigenvalue weighted by Crippen LogP contribution is -1.92. The lowest BCUT2D eigenvalue weighted by atomic mass is 10.1. The fraction of sp³-hybridized carbons (Fsp3) is 0.167. The molecule has 2 rings (SSSR count). The molecule has 0 aliphatic rings. The van der Waals surface area contributed by atoms with Crippen molar-refractivity contribution in [1.82, 2.24) is 4.98 Å². The first-order valence-corrected chi connectivity index (χ1v) is 5.80. The van der Waals surface area contributed by atoms with Crippen LogP contribution in [-0.4, -0.2) is 17.9 Å². The summed E-state index contributed by atoms with van der Waals surface area (Å²) in [5, 5.41) is 2.12. The largest absolute Gasteiger partial charge is 0.496 e. The minimum absolute atomic E-state index is 0.100. The number of thiazole rings is 1. The van der Waals surface area contributed by atoms with E-state index in [4.69, 9.17) is 4.74 Å². The van der Waals surface area contributed by atoms with E-state index < -0.39 is 0 Å². The van der Waals surface area contributed by atoms with Crippen LogP contribution in [0.1, 0.15) is 16.7 Å². The highest BCUT2D eigenvalue weighted by atomic mass is 32.1. The number of benzene rings is 1. The molecule has 0 N–H and O–H groups in total. The molecule has 1 heterocycles. The Labute approximate surface area is 102 Å². The van der Waals surface area contributed by atoms with Crippen molar-refractivity contribution in [2.75, 3.05) is 7.11 Å². The average Bonchev–Trinajstić information content (AvgIpc) is 2.78. The molecule has 0 saturated heterocycles. The van der Waals surface area contributed by atoms with Gasteiger partial charge in [-0.25, -0.2) is 9.37 Å². The highest BCUT2D eigenvalue weighted by molar-refractivity contribution is 7.12. The number of aromatic nitrogens is 1. The predicted octanol–water partition coefficient (Wildman–Crippen LogP) is 3.16. The average molecular weight is 251 g/mol. The summed E-state index contributed by atoms with van der Waals surface area (Å²) >= 11 is 1.24. The van der Waals surface area contributed by atoms with Crippen molar-refractivity contribution in [2.24, 2.45) is 0 Å². The molecule has 0 unspecified atom stereocenters. The number of ketones is 1. The molecule has 2 aromatic rings. The van der Waals surface area contributed by atoms with Gasteiger partial charge in [0.25, 0.3) is 0 Å². The number of nitrogens with zero attached hydrogens (tertiary/aromatic N) is 1. The number of rotatable bonds is 3. The maximum Gasteiger partial charge on any atom is 0.188 e. The Kier molecular flexibility index (Phi) is 3.19. The molecule has 1 aromatic heterocycles.